The highest BCUT2D eigenvalue weighted by Crippen LogP contribution is 2.30. The van der Waals surface area contributed by atoms with Crippen molar-refractivity contribution in [2.75, 3.05) is 31.7 Å². The minimum Gasteiger partial charge on any atom is -0.465 e. The fraction of sp³-hybridized carbons (Fsp3) is 0.294. The summed E-state index contributed by atoms with van der Waals surface area (Å²) >= 11 is 12.1. The summed E-state index contributed by atoms with van der Waals surface area (Å²) in [6.07, 6.45) is 1.40. The molecule has 2 heterocycles. The van der Waals surface area contributed by atoms with Gasteiger partial charge in [0, 0.05) is 19.3 Å². The number of carbonyl (C=O) groups excluding carboxylic acids is 1. The second kappa shape index (κ2) is 7.38. The van der Waals surface area contributed by atoms with Crippen molar-refractivity contribution in [3.8, 4) is 0 Å². The molecule has 0 unspecified atom stereocenters. The predicted octanol–water partition coefficient (Wildman–Crippen LogP) is 3.75. The van der Waals surface area contributed by atoms with Crippen LogP contribution in [0.15, 0.2) is 36.5 Å². The zero-order valence-corrected chi connectivity index (χ0v) is 14.5. The number of hydrogen-bond donors (Lipinski definition) is 0. The molecule has 1 saturated heterocycles. The van der Waals surface area contributed by atoms with E-state index in [1.807, 2.05) is 18.2 Å². The maximum atomic E-state index is 11.5. The molecule has 24 heavy (non-hydrogen) atoms. The number of esters is 1. The van der Waals surface area contributed by atoms with Gasteiger partial charge in [-0.3, -0.25) is 0 Å². The van der Waals surface area contributed by atoms with Gasteiger partial charge < -0.3 is 14.4 Å². The van der Waals surface area contributed by atoms with Crippen LogP contribution in [0, 0.1) is 0 Å². The predicted molar refractivity (Wildman–Crippen MR) is 92.9 cm³/mol. The summed E-state index contributed by atoms with van der Waals surface area (Å²) in [5.74, 6) is 0.390. The van der Waals surface area contributed by atoms with Gasteiger partial charge in [-0.25, -0.2) is 9.78 Å². The van der Waals surface area contributed by atoms with Crippen LogP contribution in [0.25, 0.3) is 0 Å². The number of nitrogens with zero attached hydrogens (tertiary/aromatic N) is 2. The summed E-state index contributed by atoms with van der Waals surface area (Å²) in [7, 11) is 1.35. The fourth-order valence-electron chi connectivity index (χ4n) is 2.58. The van der Waals surface area contributed by atoms with Crippen molar-refractivity contribution in [3.63, 3.8) is 0 Å². The molecule has 0 bridgehead atoms. The number of rotatable bonds is 3. The first-order valence-electron chi connectivity index (χ1n) is 7.44. The van der Waals surface area contributed by atoms with Crippen molar-refractivity contribution >= 4 is 35.0 Å². The molecule has 3 rings (SSSR count). The number of carbonyl (C=O) groups is 1. The molecule has 1 fully saturated rings. The van der Waals surface area contributed by atoms with E-state index in [-0.39, 0.29) is 6.10 Å². The van der Waals surface area contributed by atoms with E-state index in [4.69, 9.17) is 27.9 Å². The first kappa shape index (κ1) is 17.0. The van der Waals surface area contributed by atoms with Crippen molar-refractivity contribution in [1.82, 2.24) is 4.98 Å². The molecule has 2 aromatic rings. The molecule has 0 aliphatic carbocycles. The van der Waals surface area contributed by atoms with E-state index < -0.39 is 5.97 Å². The minimum atomic E-state index is -0.398. The number of halogens is 2. The maximum Gasteiger partial charge on any atom is 0.339 e. The van der Waals surface area contributed by atoms with Crippen molar-refractivity contribution in [3.05, 3.63) is 57.7 Å². The smallest absolute Gasteiger partial charge is 0.339 e. The number of pyridine rings is 1. The Morgan fingerprint density at radius 1 is 1.29 bits per heavy atom. The largest absolute Gasteiger partial charge is 0.465 e. The van der Waals surface area contributed by atoms with Gasteiger partial charge in [0.15, 0.2) is 0 Å². The van der Waals surface area contributed by atoms with Gasteiger partial charge in [0.05, 0.1) is 29.3 Å². The molecule has 126 valence electrons. The fourth-order valence-corrected chi connectivity index (χ4v) is 2.89. The van der Waals surface area contributed by atoms with Gasteiger partial charge in [0.2, 0.25) is 0 Å². The van der Waals surface area contributed by atoms with Gasteiger partial charge >= 0.3 is 5.97 Å². The second-order valence-corrected chi connectivity index (χ2v) is 6.19. The van der Waals surface area contributed by atoms with E-state index in [9.17, 15) is 4.79 Å². The van der Waals surface area contributed by atoms with E-state index >= 15 is 0 Å². The van der Waals surface area contributed by atoms with Gasteiger partial charge in [-0.1, -0.05) is 29.3 Å². The Balaban J connectivity index is 1.75. The Hall–Kier alpha value is -1.82. The van der Waals surface area contributed by atoms with E-state index in [0.717, 1.165) is 17.9 Å². The van der Waals surface area contributed by atoms with Crippen LogP contribution in [-0.4, -0.2) is 37.8 Å². The van der Waals surface area contributed by atoms with Gasteiger partial charge in [0.1, 0.15) is 11.9 Å². The summed E-state index contributed by atoms with van der Waals surface area (Å²) in [5.41, 5.74) is 1.40. The van der Waals surface area contributed by atoms with Gasteiger partial charge in [-0.15, -0.1) is 0 Å². The summed E-state index contributed by atoms with van der Waals surface area (Å²) in [5, 5.41) is 1.03. The molecule has 0 N–H and O–H groups in total. The highest BCUT2D eigenvalue weighted by atomic mass is 35.5. The van der Waals surface area contributed by atoms with E-state index in [2.05, 4.69) is 14.6 Å². The maximum absolute atomic E-state index is 11.5. The molecule has 1 aliphatic heterocycles. The molecule has 0 saturated carbocycles. The number of aromatic nitrogens is 1. The molecule has 1 aromatic carbocycles. The molecule has 5 nitrogen and oxygen atoms in total. The summed E-state index contributed by atoms with van der Waals surface area (Å²) < 4.78 is 10.5. The van der Waals surface area contributed by atoms with Gasteiger partial charge in [0.25, 0.3) is 0 Å². The van der Waals surface area contributed by atoms with Crippen LogP contribution >= 0.6 is 23.2 Å². The average molecular weight is 367 g/mol. The van der Waals surface area contributed by atoms with Crippen LogP contribution in [0.1, 0.15) is 22.0 Å². The van der Waals surface area contributed by atoms with Gasteiger partial charge in [-0.05, 0) is 29.8 Å². The number of ether oxygens (including phenoxy) is 2. The Morgan fingerprint density at radius 2 is 2.12 bits per heavy atom. The molecule has 1 atom stereocenters. The summed E-state index contributed by atoms with van der Waals surface area (Å²) in [6, 6.07) is 9.02. The summed E-state index contributed by atoms with van der Waals surface area (Å²) in [4.78, 5) is 17.9. The number of anilines is 1. The third kappa shape index (κ3) is 3.64. The Kier molecular flexibility index (Phi) is 5.23. The van der Waals surface area contributed by atoms with E-state index in [1.54, 1.807) is 12.1 Å². The number of hydrogen-bond acceptors (Lipinski definition) is 5. The van der Waals surface area contributed by atoms with Crippen LogP contribution < -0.4 is 4.90 Å². The topological polar surface area (TPSA) is 51.7 Å². The lowest BCUT2D eigenvalue weighted by molar-refractivity contribution is 0.0395. The minimum absolute atomic E-state index is 0.115. The van der Waals surface area contributed by atoms with Gasteiger partial charge in [-0.2, -0.15) is 0 Å². The SMILES string of the molecule is COC(=O)c1ccc(N2CCO[C@H](c3ccc(Cl)c(Cl)c3)C2)nc1. The first-order chi connectivity index (χ1) is 11.6. The molecule has 0 spiro atoms. The second-order valence-electron chi connectivity index (χ2n) is 5.38. The monoisotopic (exact) mass is 366 g/mol. The van der Waals surface area contributed by atoms with Crippen LogP contribution in [0.2, 0.25) is 10.0 Å². The Labute approximate surface area is 150 Å². The molecule has 7 heteroatoms. The highest BCUT2D eigenvalue weighted by molar-refractivity contribution is 6.42. The average Bonchev–Trinajstić information content (AvgIpc) is 2.63. The number of benzene rings is 1. The standard InChI is InChI=1S/C17H16Cl2N2O3/c1-23-17(22)12-3-5-16(20-9-12)21-6-7-24-15(10-21)11-2-4-13(18)14(19)8-11/h2-5,8-9,15H,6-7,10H2,1H3/t15-/m0/s1. The quantitative estimate of drug-likeness (QED) is 0.774. The first-order valence-corrected chi connectivity index (χ1v) is 8.20. The molecular formula is C17H16Cl2N2O3. The number of methoxy groups -OCH3 is 1. The summed E-state index contributed by atoms with van der Waals surface area (Å²) in [6.45, 7) is 1.94. The van der Waals surface area contributed by atoms with E-state index in [0.29, 0.717) is 28.8 Å². The third-order valence-corrected chi connectivity index (χ3v) is 4.61. The van der Waals surface area contributed by atoms with Crippen LogP contribution in [0.3, 0.4) is 0 Å². The highest BCUT2D eigenvalue weighted by Gasteiger charge is 2.23. The molecule has 0 radical (unpaired) electrons. The van der Waals surface area contributed by atoms with E-state index in [1.165, 1.54) is 13.3 Å². The lowest BCUT2D eigenvalue weighted by Gasteiger charge is -2.34. The van der Waals surface area contributed by atoms with Crippen molar-refractivity contribution in [1.29, 1.82) is 0 Å². The molecular weight excluding hydrogens is 351 g/mol. The lowest BCUT2D eigenvalue weighted by atomic mass is 10.1. The van der Waals surface area contributed by atoms with Crippen molar-refractivity contribution in [2.24, 2.45) is 0 Å². The van der Waals surface area contributed by atoms with Crippen LogP contribution in [-0.2, 0) is 9.47 Å². The van der Waals surface area contributed by atoms with Crippen LogP contribution in [0.5, 0.6) is 0 Å². The van der Waals surface area contributed by atoms with Crippen molar-refractivity contribution in [2.45, 2.75) is 6.10 Å². The Morgan fingerprint density at radius 3 is 2.79 bits per heavy atom. The third-order valence-electron chi connectivity index (χ3n) is 3.87. The zero-order valence-electron chi connectivity index (χ0n) is 13.0. The van der Waals surface area contributed by atoms with Crippen LogP contribution in [0.4, 0.5) is 5.82 Å². The normalized spacial score (nSPS) is 17.6. The molecule has 1 aliphatic rings. The molecule has 0 amide bonds. The number of morpholine rings is 1. The Bertz CT molecular complexity index is 737. The lowest BCUT2D eigenvalue weighted by Crippen LogP contribution is -2.38. The zero-order chi connectivity index (χ0) is 17.1. The molecule has 1 aromatic heterocycles. The van der Waals surface area contributed by atoms with Crippen molar-refractivity contribution < 1.29 is 14.3 Å².